The number of nitrogens with one attached hydrogen (secondary N) is 1. The molecular weight excluding hydrogens is 261 g/mol. The number of carbonyl (C=O) groups is 2. The number of thiophene rings is 1. The van der Waals surface area contributed by atoms with E-state index in [0.717, 1.165) is 11.3 Å². The molecule has 1 rings (SSSR count). The Balaban J connectivity index is 3.03. The molecule has 7 heteroatoms. The molecule has 82 valence electrons. The second-order valence-electron chi connectivity index (χ2n) is 2.75. The number of halogens is 2. The maximum Gasteiger partial charge on any atom is 0.331 e. The zero-order valence-electron chi connectivity index (χ0n) is 7.58. The second kappa shape index (κ2) is 4.83. The highest BCUT2D eigenvalue weighted by Gasteiger charge is 2.24. The van der Waals surface area contributed by atoms with Crippen LogP contribution in [-0.4, -0.2) is 17.0 Å². The number of carboxylic acid groups (broad SMARTS) is 1. The zero-order chi connectivity index (χ0) is 11.6. The van der Waals surface area contributed by atoms with E-state index >= 15 is 0 Å². The van der Waals surface area contributed by atoms with Gasteiger partial charge in [0, 0.05) is 12.5 Å². The average molecular weight is 268 g/mol. The third kappa shape index (κ3) is 3.09. The van der Waals surface area contributed by atoms with Crippen LogP contribution in [-0.2, 0) is 9.59 Å². The summed E-state index contributed by atoms with van der Waals surface area (Å²) in [5, 5.41) is 11.2. The molecule has 0 fully saturated rings. The molecular formula is C8H7Cl2NO3S. The van der Waals surface area contributed by atoms with Gasteiger partial charge >= 0.3 is 5.97 Å². The molecule has 1 unspecified atom stereocenters. The lowest BCUT2D eigenvalue weighted by Crippen LogP contribution is -2.31. The van der Waals surface area contributed by atoms with Crippen LogP contribution >= 0.6 is 34.5 Å². The smallest absolute Gasteiger partial charge is 0.331 e. The fourth-order valence-electron chi connectivity index (χ4n) is 1.03. The van der Waals surface area contributed by atoms with Crippen molar-refractivity contribution < 1.29 is 14.7 Å². The Labute approximate surface area is 99.8 Å². The molecule has 1 amide bonds. The molecule has 0 aliphatic carbocycles. The molecule has 1 aromatic rings. The zero-order valence-corrected chi connectivity index (χ0v) is 9.91. The molecule has 0 aliphatic heterocycles. The summed E-state index contributed by atoms with van der Waals surface area (Å²) in [6, 6.07) is 0.280. The van der Waals surface area contributed by atoms with Gasteiger partial charge in [0.2, 0.25) is 5.91 Å². The molecule has 1 atom stereocenters. The van der Waals surface area contributed by atoms with E-state index in [4.69, 9.17) is 28.3 Å². The lowest BCUT2D eigenvalue weighted by molar-refractivity contribution is -0.141. The van der Waals surface area contributed by atoms with E-state index in [1.54, 1.807) is 0 Å². The molecule has 0 spiro atoms. The van der Waals surface area contributed by atoms with Gasteiger partial charge in [-0.15, -0.1) is 11.3 Å². The second-order valence-corrected chi connectivity index (χ2v) is 5.04. The molecule has 0 saturated heterocycles. The summed E-state index contributed by atoms with van der Waals surface area (Å²) in [5.74, 6) is -1.62. The van der Waals surface area contributed by atoms with Crippen LogP contribution in [0, 0.1) is 0 Å². The normalized spacial score (nSPS) is 12.2. The molecule has 0 saturated carbocycles. The number of aliphatic carboxylic acids is 1. The third-order valence-corrected chi connectivity index (χ3v) is 3.11. The maximum absolute atomic E-state index is 10.9. The van der Waals surface area contributed by atoms with Gasteiger partial charge in [-0.3, -0.25) is 4.79 Å². The predicted octanol–water partition coefficient (Wildman–Crippen LogP) is 2.32. The van der Waals surface area contributed by atoms with E-state index in [9.17, 15) is 9.59 Å². The Morgan fingerprint density at radius 3 is 2.47 bits per heavy atom. The summed E-state index contributed by atoms with van der Waals surface area (Å²) in [6.07, 6.45) is 0. The van der Waals surface area contributed by atoms with E-state index in [2.05, 4.69) is 5.32 Å². The van der Waals surface area contributed by atoms with Gasteiger partial charge in [-0.1, -0.05) is 23.2 Å². The fourth-order valence-corrected chi connectivity index (χ4v) is 2.56. The highest BCUT2D eigenvalue weighted by molar-refractivity contribution is 7.20. The summed E-state index contributed by atoms with van der Waals surface area (Å²) in [5.41, 5.74) is 0.300. The van der Waals surface area contributed by atoms with Crippen LogP contribution < -0.4 is 5.32 Å². The lowest BCUT2D eigenvalue weighted by Gasteiger charge is -2.11. The molecule has 15 heavy (non-hydrogen) atoms. The van der Waals surface area contributed by atoms with Crippen LogP contribution in [0.4, 0.5) is 0 Å². The Morgan fingerprint density at radius 2 is 2.13 bits per heavy atom. The minimum Gasteiger partial charge on any atom is -0.479 e. The number of rotatable bonds is 3. The molecule has 4 nitrogen and oxygen atoms in total. The first-order valence-electron chi connectivity index (χ1n) is 3.86. The quantitative estimate of drug-likeness (QED) is 0.884. The number of carbonyl (C=O) groups excluding carboxylic acids is 1. The first-order chi connectivity index (χ1) is 6.91. The van der Waals surface area contributed by atoms with Gasteiger partial charge in [-0.2, -0.15) is 0 Å². The molecule has 0 aromatic carbocycles. The van der Waals surface area contributed by atoms with Gasteiger partial charge in [-0.05, 0) is 6.07 Å². The summed E-state index contributed by atoms with van der Waals surface area (Å²) >= 11 is 12.5. The minimum atomic E-state index is -1.18. The van der Waals surface area contributed by atoms with Crippen molar-refractivity contribution in [2.24, 2.45) is 0 Å². The number of hydrogen-bond acceptors (Lipinski definition) is 3. The Morgan fingerprint density at radius 1 is 1.53 bits per heavy atom. The topological polar surface area (TPSA) is 66.4 Å². The van der Waals surface area contributed by atoms with Crippen LogP contribution in [0.3, 0.4) is 0 Å². The summed E-state index contributed by atoms with van der Waals surface area (Å²) < 4.78 is 0.646. The van der Waals surface area contributed by atoms with Crippen molar-refractivity contribution in [1.29, 1.82) is 0 Å². The molecule has 0 radical (unpaired) electrons. The molecule has 0 aliphatic rings. The summed E-state index contributed by atoms with van der Waals surface area (Å²) in [4.78, 5) is 21.7. The van der Waals surface area contributed by atoms with Crippen molar-refractivity contribution in [3.63, 3.8) is 0 Å². The van der Waals surface area contributed by atoms with Crippen LogP contribution in [0.1, 0.15) is 18.5 Å². The van der Waals surface area contributed by atoms with E-state index in [1.807, 2.05) is 0 Å². The van der Waals surface area contributed by atoms with Crippen molar-refractivity contribution >= 4 is 46.4 Å². The standard InChI is InChI=1S/C8H7Cl2NO3S/c1-3(12)11-6(8(13)14)4-2-5(9)15-7(4)10/h2,6H,1H3,(H,11,12)(H,13,14). The highest BCUT2D eigenvalue weighted by atomic mass is 35.5. The van der Waals surface area contributed by atoms with Gasteiger partial charge in [0.05, 0.1) is 4.34 Å². The SMILES string of the molecule is CC(=O)NC(C(=O)O)c1cc(Cl)sc1Cl. The van der Waals surface area contributed by atoms with Gasteiger partial charge in [-0.25, -0.2) is 4.79 Å². The van der Waals surface area contributed by atoms with Crippen molar-refractivity contribution in [3.05, 3.63) is 20.3 Å². The van der Waals surface area contributed by atoms with Crippen molar-refractivity contribution in [2.75, 3.05) is 0 Å². The van der Waals surface area contributed by atoms with Crippen molar-refractivity contribution in [1.82, 2.24) is 5.32 Å². The molecule has 2 N–H and O–H groups in total. The van der Waals surface area contributed by atoms with Gasteiger partial charge in [0.1, 0.15) is 4.34 Å². The van der Waals surface area contributed by atoms with Crippen LogP contribution in [0.5, 0.6) is 0 Å². The van der Waals surface area contributed by atoms with Crippen LogP contribution in [0.2, 0.25) is 8.67 Å². The van der Waals surface area contributed by atoms with E-state index in [-0.39, 0.29) is 4.34 Å². The number of carboxylic acids is 1. The van der Waals surface area contributed by atoms with Gasteiger partial charge in [0.15, 0.2) is 6.04 Å². The Bertz CT molecular complexity index is 405. The fraction of sp³-hybridized carbons (Fsp3) is 0.250. The number of amides is 1. The summed E-state index contributed by atoms with van der Waals surface area (Å²) in [7, 11) is 0. The van der Waals surface area contributed by atoms with Gasteiger partial charge in [0.25, 0.3) is 0 Å². The van der Waals surface area contributed by atoms with Crippen molar-refractivity contribution in [2.45, 2.75) is 13.0 Å². The van der Waals surface area contributed by atoms with E-state index < -0.39 is 17.9 Å². The minimum absolute atomic E-state index is 0.265. The van der Waals surface area contributed by atoms with E-state index in [0.29, 0.717) is 9.90 Å². The summed E-state index contributed by atoms with van der Waals surface area (Å²) in [6.45, 7) is 1.23. The molecule has 1 aromatic heterocycles. The maximum atomic E-state index is 10.9. The Hall–Kier alpha value is -0.780. The molecule has 0 bridgehead atoms. The first kappa shape index (κ1) is 12.3. The first-order valence-corrected chi connectivity index (χ1v) is 5.43. The third-order valence-electron chi connectivity index (χ3n) is 1.59. The average Bonchev–Trinajstić information content (AvgIpc) is 2.40. The number of hydrogen-bond donors (Lipinski definition) is 2. The predicted molar refractivity (Wildman–Crippen MR) is 58.5 cm³/mol. The van der Waals surface area contributed by atoms with Crippen LogP contribution in [0.15, 0.2) is 6.07 Å². The Kier molecular flexibility index (Phi) is 3.96. The van der Waals surface area contributed by atoms with Gasteiger partial charge < -0.3 is 10.4 Å². The lowest BCUT2D eigenvalue weighted by atomic mass is 10.1. The van der Waals surface area contributed by atoms with Crippen LogP contribution in [0.25, 0.3) is 0 Å². The largest absolute Gasteiger partial charge is 0.479 e. The monoisotopic (exact) mass is 267 g/mol. The molecule has 1 heterocycles. The van der Waals surface area contributed by atoms with E-state index in [1.165, 1.54) is 13.0 Å². The van der Waals surface area contributed by atoms with Crippen molar-refractivity contribution in [3.8, 4) is 0 Å². The highest BCUT2D eigenvalue weighted by Crippen LogP contribution is 2.35.